The number of hydrogen-bond acceptors (Lipinski definition) is 3. The largest absolute Gasteiger partial charge is 0.457 e. The molecule has 0 unspecified atom stereocenters. The Morgan fingerprint density at radius 1 is 1.10 bits per heavy atom. The van der Waals surface area contributed by atoms with Crippen molar-refractivity contribution in [2.75, 3.05) is 17.6 Å². The minimum atomic E-state index is 0.389. The average molecular weight is 280 g/mol. The molecular formula is C18H20N2O. The molecule has 0 atom stereocenters. The minimum absolute atomic E-state index is 0.389. The molecule has 0 bridgehead atoms. The van der Waals surface area contributed by atoms with E-state index >= 15 is 0 Å². The van der Waals surface area contributed by atoms with Crippen molar-refractivity contribution in [3.05, 3.63) is 47.0 Å². The summed E-state index contributed by atoms with van der Waals surface area (Å²) in [7, 11) is 0. The highest BCUT2D eigenvalue weighted by molar-refractivity contribution is 5.65. The second-order valence-corrected chi connectivity index (χ2v) is 6.43. The Bertz CT molecular complexity index is 709. The summed E-state index contributed by atoms with van der Waals surface area (Å²) in [6.07, 6.45) is 2.58. The van der Waals surface area contributed by atoms with Gasteiger partial charge >= 0.3 is 0 Å². The fourth-order valence-corrected chi connectivity index (χ4v) is 3.40. The fourth-order valence-electron chi connectivity index (χ4n) is 3.40. The maximum Gasteiger partial charge on any atom is 0.133 e. The summed E-state index contributed by atoms with van der Waals surface area (Å²) >= 11 is 0. The van der Waals surface area contributed by atoms with E-state index in [-0.39, 0.29) is 0 Å². The Morgan fingerprint density at radius 3 is 2.48 bits per heavy atom. The highest BCUT2D eigenvalue weighted by atomic mass is 16.5. The molecule has 1 aliphatic carbocycles. The lowest BCUT2D eigenvalue weighted by Gasteiger charge is -2.14. The van der Waals surface area contributed by atoms with Gasteiger partial charge in [-0.05, 0) is 73.7 Å². The van der Waals surface area contributed by atoms with Crippen molar-refractivity contribution < 1.29 is 4.74 Å². The van der Waals surface area contributed by atoms with Gasteiger partial charge in [0.05, 0.1) is 0 Å². The van der Waals surface area contributed by atoms with E-state index in [1.807, 2.05) is 32.0 Å². The predicted octanol–water partition coefficient (Wildman–Crippen LogP) is 4.14. The fraction of sp³-hybridized carbons (Fsp3) is 0.333. The van der Waals surface area contributed by atoms with Crippen LogP contribution in [-0.4, -0.2) is 6.54 Å². The van der Waals surface area contributed by atoms with E-state index in [9.17, 15) is 0 Å². The zero-order valence-electron chi connectivity index (χ0n) is 12.5. The molecule has 21 heavy (non-hydrogen) atoms. The van der Waals surface area contributed by atoms with Crippen LogP contribution in [0.3, 0.4) is 0 Å². The first-order valence-electron chi connectivity index (χ1n) is 7.50. The topological polar surface area (TPSA) is 47.3 Å². The molecule has 1 heterocycles. The van der Waals surface area contributed by atoms with Crippen LogP contribution in [0.1, 0.15) is 29.5 Å². The Kier molecular flexibility index (Phi) is 2.49. The smallest absolute Gasteiger partial charge is 0.133 e. The summed E-state index contributed by atoms with van der Waals surface area (Å²) in [5.41, 5.74) is 11.9. The van der Waals surface area contributed by atoms with Gasteiger partial charge in [-0.25, -0.2) is 0 Å². The molecule has 3 N–H and O–H groups in total. The lowest BCUT2D eigenvalue weighted by Crippen LogP contribution is -2.08. The first kappa shape index (κ1) is 12.6. The predicted molar refractivity (Wildman–Crippen MR) is 86.2 cm³/mol. The summed E-state index contributed by atoms with van der Waals surface area (Å²) < 4.78 is 6.16. The molecule has 2 aromatic rings. The van der Waals surface area contributed by atoms with Gasteiger partial charge in [0.25, 0.3) is 0 Å². The summed E-state index contributed by atoms with van der Waals surface area (Å²) in [5, 5.41) is 3.50. The Balaban J connectivity index is 1.70. The highest BCUT2D eigenvalue weighted by Gasteiger charge is 2.49. The average Bonchev–Trinajstić information content (AvgIpc) is 3.13. The first-order chi connectivity index (χ1) is 10.1. The van der Waals surface area contributed by atoms with E-state index in [0.29, 0.717) is 5.41 Å². The summed E-state index contributed by atoms with van der Waals surface area (Å²) in [6, 6.07) is 10.3. The maximum atomic E-state index is 6.16. The molecule has 4 rings (SSSR count). The number of aryl methyl sites for hydroxylation is 2. The second-order valence-electron chi connectivity index (χ2n) is 6.43. The zero-order valence-corrected chi connectivity index (χ0v) is 12.5. The van der Waals surface area contributed by atoms with Crippen molar-refractivity contribution in [2.24, 2.45) is 0 Å². The molecule has 0 saturated heterocycles. The van der Waals surface area contributed by atoms with Gasteiger partial charge in [-0.2, -0.15) is 0 Å². The third-order valence-electron chi connectivity index (χ3n) is 4.74. The van der Waals surface area contributed by atoms with Crippen molar-refractivity contribution in [2.45, 2.75) is 32.1 Å². The van der Waals surface area contributed by atoms with E-state index < -0.39 is 0 Å². The number of hydrogen-bond donors (Lipinski definition) is 2. The number of nitrogens with two attached hydrogens (primary N) is 1. The van der Waals surface area contributed by atoms with Crippen LogP contribution in [0.2, 0.25) is 0 Å². The second kappa shape index (κ2) is 4.17. The lowest BCUT2D eigenvalue weighted by atomic mass is 9.98. The monoisotopic (exact) mass is 280 g/mol. The van der Waals surface area contributed by atoms with E-state index in [4.69, 9.17) is 10.5 Å². The van der Waals surface area contributed by atoms with Gasteiger partial charge in [0.15, 0.2) is 0 Å². The van der Waals surface area contributed by atoms with Crippen molar-refractivity contribution >= 4 is 11.4 Å². The quantitative estimate of drug-likeness (QED) is 0.813. The van der Waals surface area contributed by atoms with Crippen LogP contribution in [0.4, 0.5) is 11.4 Å². The van der Waals surface area contributed by atoms with E-state index in [1.165, 1.54) is 24.1 Å². The molecule has 3 nitrogen and oxygen atoms in total. The van der Waals surface area contributed by atoms with Crippen molar-refractivity contribution in [3.63, 3.8) is 0 Å². The number of benzene rings is 2. The molecule has 1 saturated carbocycles. The molecule has 0 aromatic heterocycles. The van der Waals surface area contributed by atoms with Gasteiger partial charge in [0, 0.05) is 23.3 Å². The van der Waals surface area contributed by atoms with Gasteiger partial charge in [-0.1, -0.05) is 0 Å². The van der Waals surface area contributed by atoms with Crippen LogP contribution in [0.5, 0.6) is 11.5 Å². The van der Waals surface area contributed by atoms with E-state index in [1.54, 1.807) is 0 Å². The highest BCUT2D eigenvalue weighted by Crippen LogP contribution is 2.55. The number of nitrogens with one attached hydrogen (secondary N) is 1. The normalized spacial score (nSPS) is 17.4. The van der Waals surface area contributed by atoms with Crippen molar-refractivity contribution in [1.29, 1.82) is 0 Å². The van der Waals surface area contributed by atoms with E-state index in [0.717, 1.165) is 34.9 Å². The van der Waals surface area contributed by atoms with Gasteiger partial charge < -0.3 is 15.8 Å². The van der Waals surface area contributed by atoms with Gasteiger partial charge in [-0.15, -0.1) is 0 Å². The molecule has 1 fully saturated rings. The van der Waals surface area contributed by atoms with Crippen molar-refractivity contribution in [3.8, 4) is 11.5 Å². The molecule has 2 aliphatic rings. The molecule has 0 amide bonds. The van der Waals surface area contributed by atoms with Crippen LogP contribution in [0.15, 0.2) is 30.3 Å². The summed E-state index contributed by atoms with van der Waals surface area (Å²) in [5.74, 6) is 1.83. The van der Waals surface area contributed by atoms with Gasteiger partial charge in [0.1, 0.15) is 11.5 Å². The molecule has 3 heteroatoms. The van der Waals surface area contributed by atoms with Gasteiger partial charge in [0.2, 0.25) is 0 Å². The zero-order chi connectivity index (χ0) is 14.6. The third kappa shape index (κ3) is 1.96. The Morgan fingerprint density at radius 2 is 1.81 bits per heavy atom. The number of anilines is 2. The van der Waals surface area contributed by atoms with E-state index in [2.05, 4.69) is 17.4 Å². The number of fused-ring (bicyclic) bond motifs is 2. The van der Waals surface area contributed by atoms with Crippen LogP contribution in [0, 0.1) is 13.8 Å². The van der Waals surface area contributed by atoms with Crippen molar-refractivity contribution in [1.82, 2.24) is 0 Å². The molecule has 2 aromatic carbocycles. The van der Waals surface area contributed by atoms with Crippen LogP contribution in [0.25, 0.3) is 0 Å². The molecule has 0 radical (unpaired) electrons. The molecule has 108 valence electrons. The number of nitrogen functional groups attached to an aromatic ring is 1. The van der Waals surface area contributed by atoms with Crippen LogP contribution >= 0.6 is 0 Å². The number of ether oxygens (including phenoxy) is 1. The summed E-state index contributed by atoms with van der Waals surface area (Å²) in [4.78, 5) is 0. The summed E-state index contributed by atoms with van der Waals surface area (Å²) in [6.45, 7) is 5.15. The van der Waals surface area contributed by atoms with Crippen LogP contribution < -0.4 is 15.8 Å². The minimum Gasteiger partial charge on any atom is -0.457 e. The van der Waals surface area contributed by atoms with Gasteiger partial charge in [-0.3, -0.25) is 0 Å². The lowest BCUT2D eigenvalue weighted by molar-refractivity contribution is 0.474. The standard InChI is InChI=1S/C18H20N2O/c1-11-7-13(19)8-12(2)17(11)21-14-3-4-16-15(9-14)18(5-6-18)10-20-16/h3-4,7-9,20H,5-6,10,19H2,1-2H3. The Hall–Kier alpha value is -2.16. The van der Waals surface area contributed by atoms with Crippen LogP contribution in [-0.2, 0) is 5.41 Å². The maximum absolute atomic E-state index is 6.16. The third-order valence-corrected chi connectivity index (χ3v) is 4.74. The first-order valence-corrected chi connectivity index (χ1v) is 7.50. The molecule has 1 spiro atoms. The molecular weight excluding hydrogens is 260 g/mol. The Labute approximate surface area is 125 Å². The number of rotatable bonds is 2. The SMILES string of the molecule is Cc1cc(N)cc(C)c1Oc1ccc2c(c1)C1(CC1)CN2. The molecule has 1 aliphatic heterocycles.